The first-order valence-electron chi connectivity index (χ1n) is 12.9. The van der Waals surface area contributed by atoms with Crippen LogP contribution >= 0.6 is 0 Å². The van der Waals surface area contributed by atoms with Gasteiger partial charge in [0.1, 0.15) is 0 Å². The van der Waals surface area contributed by atoms with E-state index in [1.807, 2.05) is 0 Å². The number of carbonyl (C=O) groups is 2. The lowest BCUT2D eigenvalue weighted by Crippen LogP contribution is -2.13. The summed E-state index contributed by atoms with van der Waals surface area (Å²) in [5.41, 5.74) is 1.22. The van der Waals surface area contributed by atoms with E-state index in [2.05, 4.69) is 17.1 Å². The van der Waals surface area contributed by atoms with Gasteiger partial charge in [0, 0.05) is 11.5 Å². The summed E-state index contributed by atoms with van der Waals surface area (Å²) in [6.45, 7) is 4.63. The third-order valence-corrected chi connectivity index (χ3v) is 6.51. The van der Waals surface area contributed by atoms with Crippen LogP contribution in [0.5, 0.6) is 0 Å². The fourth-order valence-corrected chi connectivity index (χ4v) is 4.52. The van der Waals surface area contributed by atoms with Crippen molar-refractivity contribution in [2.24, 2.45) is 5.92 Å². The number of aromatic nitrogens is 2. The van der Waals surface area contributed by atoms with Crippen molar-refractivity contribution in [1.29, 1.82) is 0 Å². The van der Waals surface area contributed by atoms with E-state index in [1.165, 1.54) is 38.5 Å². The Morgan fingerprint density at radius 1 is 1.06 bits per heavy atom. The highest BCUT2D eigenvalue weighted by molar-refractivity contribution is 5.89. The van der Waals surface area contributed by atoms with E-state index in [-0.39, 0.29) is 24.3 Å². The Hall–Kier alpha value is -2.70. The zero-order chi connectivity index (χ0) is 24.2. The number of ether oxygens (including phenoxy) is 2. The number of benzene rings is 1. The Morgan fingerprint density at radius 2 is 1.82 bits per heavy atom. The number of esters is 2. The number of hydrogen-bond donors (Lipinski definition) is 0. The number of rotatable bonds is 13. The van der Waals surface area contributed by atoms with Crippen molar-refractivity contribution in [2.45, 2.75) is 90.4 Å². The quantitative estimate of drug-likeness (QED) is 0.244. The van der Waals surface area contributed by atoms with E-state index in [9.17, 15) is 9.59 Å². The molecular weight excluding hydrogens is 432 g/mol. The summed E-state index contributed by atoms with van der Waals surface area (Å²) >= 11 is 0. The SMILES string of the molecule is CCCCOC(=O)CC(CCCC1CCCCC1)c1nc(-c2ccc(C(=O)OCC)cc2)no1. The molecule has 7 nitrogen and oxygen atoms in total. The molecule has 2 aromatic rings. The molecule has 0 saturated heterocycles. The van der Waals surface area contributed by atoms with E-state index in [4.69, 9.17) is 14.0 Å². The Kier molecular flexibility index (Phi) is 10.6. The van der Waals surface area contributed by atoms with Crippen LogP contribution in [0.2, 0.25) is 0 Å². The standard InChI is InChI=1S/C27H38N2O5/c1-3-5-18-33-24(30)19-23(13-9-12-20-10-7-6-8-11-20)26-28-25(29-34-26)21-14-16-22(17-15-21)27(31)32-4-2/h14-17,20,23H,3-13,18-19H2,1-2H3. The fourth-order valence-electron chi connectivity index (χ4n) is 4.52. The van der Waals surface area contributed by atoms with Gasteiger partial charge in [-0.2, -0.15) is 4.98 Å². The minimum absolute atomic E-state index is 0.155. The first-order chi connectivity index (χ1) is 16.6. The lowest BCUT2D eigenvalue weighted by atomic mass is 9.84. The molecule has 1 heterocycles. The van der Waals surface area contributed by atoms with Gasteiger partial charge in [-0.05, 0) is 37.8 Å². The van der Waals surface area contributed by atoms with Crippen LogP contribution in [-0.4, -0.2) is 35.3 Å². The summed E-state index contributed by atoms with van der Waals surface area (Å²) in [7, 11) is 0. The second-order valence-corrected chi connectivity index (χ2v) is 9.16. The molecule has 1 fully saturated rings. The van der Waals surface area contributed by atoms with Gasteiger partial charge in [-0.25, -0.2) is 4.79 Å². The summed E-state index contributed by atoms with van der Waals surface area (Å²) in [6, 6.07) is 6.93. The molecule has 7 heteroatoms. The summed E-state index contributed by atoms with van der Waals surface area (Å²) in [5, 5.41) is 4.14. The summed E-state index contributed by atoms with van der Waals surface area (Å²) in [5.74, 6) is 0.986. The topological polar surface area (TPSA) is 91.5 Å². The third-order valence-electron chi connectivity index (χ3n) is 6.51. The van der Waals surface area contributed by atoms with Crippen LogP contribution in [0.1, 0.15) is 107 Å². The molecular formula is C27H38N2O5. The van der Waals surface area contributed by atoms with Crippen LogP contribution in [0.3, 0.4) is 0 Å². The van der Waals surface area contributed by atoms with Gasteiger partial charge in [0.2, 0.25) is 11.7 Å². The molecule has 0 spiro atoms. The molecule has 0 N–H and O–H groups in total. The second kappa shape index (κ2) is 13.9. The monoisotopic (exact) mass is 470 g/mol. The summed E-state index contributed by atoms with van der Waals surface area (Å²) in [6.07, 6.45) is 11.8. The summed E-state index contributed by atoms with van der Waals surface area (Å²) in [4.78, 5) is 28.9. The van der Waals surface area contributed by atoms with Crippen molar-refractivity contribution in [3.63, 3.8) is 0 Å². The van der Waals surface area contributed by atoms with E-state index in [1.54, 1.807) is 31.2 Å². The highest BCUT2D eigenvalue weighted by atomic mass is 16.5. The van der Waals surface area contributed by atoms with E-state index in [0.717, 1.165) is 37.2 Å². The van der Waals surface area contributed by atoms with Crippen LogP contribution < -0.4 is 0 Å². The number of hydrogen-bond acceptors (Lipinski definition) is 7. The highest BCUT2D eigenvalue weighted by Crippen LogP contribution is 2.32. The Bertz CT molecular complexity index is 887. The van der Waals surface area contributed by atoms with E-state index in [0.29, 0.717) is 30.5 Å². The Labute approximate surface area is 202 Å². The van der Waals surface area contributed by atoms with E-state index < -0.39 is 0 Å². The Morgan fingerprint density at radius 3 is 2.53 bits per heavy atom. The minimum Gasteiger partial charge on any atom is -0.466 e. The fraction of sp³-hybridized carbons (Fsp3) is 0.630. The maximum Gasteiger partial charge on any atom is 0.338 e. The van der Waals surface area contributed by atoms with Crippen molar-refractivity contribution in [2.75, 3.05) is 13.2 Å². The lowest BCUT2D eigenvalue weighted by Gasteiger charge is -2.22. The predicted molar refractivity (Wildman–Crippen MR) is 129 cm³/mol. The molecule has 0 aliphatic heterocycles. The van der Waals surface area contributed by atoms with Gasteiger partial charge >= 0.3 is 11.9 Å². The number of nitrogens with zero attached hydrogens (tertiary/aromatic N) is 2. The maximum atomic E-state index is 12.4. The van der Waals surface area contributed by atoms with Crippen molar-refractivity contribution in [3.05, 3.63) is 35.7 Å². The molecule has 1 aliphatic rings. The average molecular weight is 471 g/mol. The third kappa shape index (κ3) is 7.96. The zero-order valence-electron chi connectivity index (χ0n) is 20.6. The molecule has 1 saturated carbocycles. The molecule has 3 rings (SSSR count). The van der Waals surface area contributed by atoms with Crippen molar-refractivity contribution in [3.8, 4) is 11.4 Å². The smallest absolute Gasteiger partial charge is 0.338 e. The van der Waals surface area contributed by atoms with Crippen molar-refractivity contribution in [1.82, 2.24) is 10.1 Å². The molecule has 1 unspecified atom stereocenters. The van der Waals surface area contributed by atoms with Gasteiger partial charge in [0.05, 0.1) is 25.2 Å². The van der Waals surface area contributed by atoms with Crippen LogP contribution in [0.4, 0.5) is 0 Å². The number of carbonyl (C=O) groups excluding carboxylic acids is 2. The van der Waals surface area contributed by atoms with Crippen LogP contribution in [-0.2, 0) is 14.3 Å². The first-order valence-corrected chi connectivity index (χ1v) is 12.9. The van der Waals surface area contributed by atoms with Gasteiger partial charge < -0.3 is 14.0 Å². The largest absolute Gasteiger partial charge is 0.466 e. The number of unbranched alkanes of at least 4 members (excludes halogenated alkanes) is 1. The molecule has 1 aromatic heterocycles. The predicted octanol–water partition coefficient (Wildman–Crippen LogP) is 6.48. The highest BCUT2D eigenvalue weighted by Gasteiger charge is 2.24. The van der Waals surface area contributed by atoms with Crippen LogP contribution in [0.25, 0.3) is 11.4 Å². The minimum atomic E-state index is -0.359. The molecule has 186 valence electrons. The summed E-state index contributed by atoms with van der Waals surface area (Å²) < 4.78 is 16.0. The van der Waals surface area contributed by atoms with Crippen molar-refractivity contribution < 1.29 is 23.6 Å². The van der Waals surface area contributed by atoms with Crippen molar-refractivity contribution >= 4 is 11.9 Å². The zero-order valence-corrected chi connectivity index (χ0v) is 20.6. The Balaban J connectivity index is 1.65. The first kappa shape index (κ1) is 25.9. The molecule has 0 amide bonds. The molecule has 0 radical (unpaired) electrons. The van der Waals surface area contributed by atoms with Gasteiger partial charge in [-0.3, -0.25) is 4.79 Å². The van der Waals surface area contributed by atoms with Gasteiger partial charge in [-0.1, -0.05) is 75.6 Å². The normalized spacial score (nSPS) is 15.1. The average Bonchev–Trinajstić information content (AvgIpc) is 3.35. The van der Waals surface area contributed by atoms with E-state index >= 15 is 0 Å². The lowest BCUT2D eigenvalue weighted by molar-refractivity contribution is -0.144. The van der Waals surface area contributed by atoms with Gasteiger partial charge in [0.25, 0.3) is 0 Å². The van der Waals surface area contributed by atoms with Crippen LogP contribution in [0, 0.1) is 5.92 Å². The molecule has 34 heavy (non-hydrogen) atoms. The second-order valence-electron chi connectivity index (χ2n) is 9.16. The molecule has 1 aromatic carbocycles. The van der Waals surface area contributed by atoms with Crippen LogP contribution in [0.15, 0.2) is 28.8 Å². The molecule has 1 aliphatic carbocycles. The maximum absolute atomic E-state index is 12.4. The van der Waals surface area contributed by atoms with Gasteiger partial charge in [0.15, 0.2) is 0 Å². The molecule has 1 atom stereocenters. The molecule has 0 bridgehead atoms. The van der Waals surface area contributed by atoms with Gasteiger partial charge in [-0.15, -0.1) is 0 Å².